The first-order chi connectivity index (χ1) is 5.88. The van der Waals surface area contributed by atoms with Crippen LogP contribution in [0.3, 0.4) is 0 Å². The van der Waals surface area contributed by atoms with Crippen molar-refractivity contribution < 1.29 is 0 Å². The maximum Gasteiger partial charge on any atom is 0.0184 e. The highest BCUT2D eigenvalue weighted by molar-refractivity contribution is 5.53. The van der Waals surface area contributed by atoms with Gasteiger partial charge in [-0.05, 0) is 11.1 Å². The summed E-state index contributed by atoms with van der Waals surface area (Å²) in [6.07, 6.45) is 3.93. The lowest BCUT2D eigenvalue weighted by molar-refractivity contribution is 1.07. The topological polar surface area (TPSA) is 52.0 Å². The van der Waals surface area contributed by atoms with Gasteiger partial charge in [0.1, 0.15) is 0 Å². The first-order valence-corrected chi connectivity index (χ1v) is 4.03. The molecule has 0 aromatic heterocycles. The fourth-order valence-corrected chi connectivity index (χ4v) is 1.08. The molecule has 0 saturated heterocycles. The quantitative estimate of drug-likeness (QED) is 0.699. The molecule has 0 amide bonds. The van der Waals surface area contributed by atoms with Gasteiger partial charge in [0.25, 0.3) is 0 Å². The lowest BCUT2D eigenvalue weighted by atomic mass is 10.1. The van der Waals surface area contributed by atoms with Crippen molar-refractivity contribution in [2.24, 2.45) is 11.5 Å². The van der Waals surface area contributed by atoms with Crippen LogP contribution in [0, 0.1) is 0 Å². The standard InChI is InChI=1S/C10H14N2/c11-7-3-6-9-4-1-2-5-10(9)8-12/h1-6H,7-8,11-12H2. The Morgan fingerprint density at radius 2 is 1.92 bits per heavy atom. The Kier molecular flexibility index (Phi) is 3.51. The van der Waals surface area contributed by atoms with E-state index in [2.05, 4.69) is 0 Å². The molecule has 1 aromatic rings. The monoisotopic (exact) mass is 162 g/mol. The van der Waals surface area contributed by atoms with Crippen LogP contribution in [-0.4, -0.2) is 6.54 Å². The number of benzene rings is 1. The van der Waals surface area contributed by atoms with E-state index in [1.807, 2.05) is 36.4 Å². The summed E-state index contributed by atoms with van der Waals surface area (Å²) in [6.45, 7) is 1.14. The number of nitrogens with two attached hydrogens (primary N) is 2. The highest BCUT2D eigenvalue weighted by Crippen LogP contribution is 2.09. The van der Waals surface area contributed by atoms with E-state index in [1.54, 1.807) is 0 Å². The Labute approximate surface area is 72.9 Å². The van der Waals surface area contributed by atoms with E-state index in [1.165, 1.54) is 0 Å². The molecule has 2 nitrogen and oxygen atoms in total. The zero-order valence-corrected chi connectivity index (χ0v) is 7.03. The SMILES string of the molecule is NCC=Cc1ccccc1CN. The van der Waals surface area contributed by atoms with Gasteiger partial charge in [0.15, 0.2) is 0 Å². The van der Waals surface area contributed by atoms with E-state index in [0.29, 0.717) is 13.1 Å². The van der Waals surface area contributed by atoms with Gasteiger partial charge in [-0.2, -0.15) is 0 Å². The van der Waals surface area contributed by atoms with Gasteiger partial charge in [0.2, 0.25) is 0 Å². The second-order valence-corrected chi connectivity index (χ2v) is 2.54. The summed E-state index contributed by atoms with van der Waals surface area (Å²) in [7, 11) is 0. The first-order valence-electron chi connectivity index (χ1n) is 4.03. The summed E-state index contributed by atoms with van der Waals surface area (Å²) in [5.74, 6) is 0. The van der Waals surface area contributed by atoms with Gasteiger partial charge in [-0.15, -0.1) is 0 Å². The van der Waals surface area contributed by atoms with Crippen LogP contribution < -0.4 is 11.5 Å². The molecule has 0 radical (unpaired) electrons. The van der Waals surface area contributed by atoms with E-state index in [0.717, 1.165) is 11.1 Å². The Hall–Kier alpha value is -1.12. The summed E-state index contributed by atoms with van der Waals surface area (Å²) in [5.41, 5.74) is 13.2. The van der Waals surface area contributed by atoms with Crippen LogP contribution in [0.1, 0.15) is 11.1 Å². The third kappa shape index (κ3) is 2.19. The van der Waals surface area contributed by atoms with E-state index in [-0.39, 0.29) is 0 Å². The van der Waals surface area contributed by atoms with Crippen molar-refractivity contribution >= 4 is 6.08 Å². The van der Waals surface area contributed by atoms with Gasteiger partial charge in [0.05, 0.1) is 0 Å². The maximum atomic E-state index is 5.56. The largest absolute Gasteiger partial charge is 0.327 e. The molecule has 1 aromatic carbocycles. The highest BCUT2D eigenvalue weighted by Gasteiger charge is 1.93. The molecular weight excluding hydrogens is 148 g/mol. The lowest BCUT2D eigenvalue weighted by Gasteiger charge is -2.00. The van der Waals surface area contributed by atoms with Crippen molar-refractivity contribution in [3.8, 4) is 0 Å². The van der Waals surface area contributed by atoms with Crippen molar-refractivity contribution in [2.45, 2.75) is 6.54 Å². The van der Waals surface area contributed by atoms with Gasteiger partial charge >= 0.3 is 0 Å². The molecule has 0 unspecified atom stereocenters. The molecule has 64 valence electrons. The molecule has 2 heteroatoms. The van der Waals surface area contributed by atoms with E-state index >= 15 is 0 Å². The number of hydrogen-bond donors (Lipinski definition) is 2. The van der Waals surface area contributed by atoms with E-state index < -0.39 is 0 Å². The minimum atomic E-state index is 0.568. The third-order valence-electron chi connectivity index (χ3n) is 1.71. The summed E-state index contributed by atoms with van der Waals surface area (Å²) < 4.78 is 0. The summed E-state index contributed by atoms with van der Waals surface area (Å²) in [6, 6.07) is 8.04. The zero-order valence-electron chi connectivity index (χ0n) is 7.03. The molecule has 0 fully saturated rings. The van der Waals surface area contributed by atoms with Crippen LogP contribution in [0.4, 0.5) is 0 Å². The van der Waals surface area contributed by atoms with Crippen molar-refractivity contribution in [2.75, 3.05) is 6.54 Å². The molecule has 0 aliphatic heterocycles. The molecule has 12 heavy (non-hydrogen) atoms. The van der Waals surface area contributed by atoms with Crippen LogP contribution in [-0.2, 0) is 6.54 Å². The maximum absolute atomic E-state index is 5.56. The molecule has 0 heterocycles. The minimum Gasteiger partial charge on any atom is -0.327 e. The van der Waals surface area contributed by atoms with Gasteiger partial charge in [0, 0.05) is 13.1 Å². The van der Waals surface area contributed by atoms with Gasteiger partial charge < -0.3 is 11.5 Å². The second kappa shape index (κ2) is 4.70. The molecule has 0 aliphatic carbocycles. The predicted octanol–water partition coefficient (Wildman–Crippen LogP) is 1.12. The normalized spacial score (nSPS) is 10.8. The molecule has 1 rings (SSSR count). The number of rotatable bonds is 3. The number of hydrogen-bond acceptors (Lipinski definition) is 2. The van der Waals surface area contributed by atoms with Crippen molar-refractivity contribution in [1.82, 2.24) is 0 Å². The smallest absolute Gasteiger partial charge is 0.0184 e. The fraction of sp³-hybridized carbons (Fsp3) is 0.200. The summed E-state index contributed by atoms with van der Waals surface area (Å²) in [5, 5.41) is 0. The molecule has 0 aliphatic rings. The third-order valence-corrected chi connectivity index (χ3v) is 1.71. The Balaban J connectivity index is 2.89. The van der Waals surface area contributed by atoms with Gasteiger partial charge in [-0.3, -0.25) is 0 Å². The lowest BCUT2D eigenvalue weighted by Crippen LogP contribution is -1.98. The Morgan fingerprint density at radius 1 is 1.17 bits per heavy atom. The molecule has 0 atom stereocenters. The van der Waals surface area contributed by atoms with Gasteiger partial charge in [-0.1, -0.05) is 36.4 Å². The molecule has 0 saturated carbocycles. The minimum absolute atomic E-state index is 0.568. The molecule has 0 bridgehead atoms. The van der Waals surface area contributed by atoms with Crippen molar-refractivity contribution in [3.05, 3.63) is 41.5 Å². The summed E-state index contributed by atoms with van der Waals surface area (Å²) >= 11 is 0. The van der Waals surface area contributed by atoms with Crippen molar-refractivity contribution in [1.29, 1.82) is 0 Å². The van der Waals surface area contributed by atoms with Crippen LogP contribution in [0.2, 0.25) is 0 Å². The van der Waals surface area contributed by atoms with E-state index in [4.69, 9.17) is 11.5 Å². The fourth-order valence-electron chi connectivity index (χ4n) is 1.08. The summed E-state index contributed by atoms with van der Waals surface area (Å²) in [4.78, 5) is 0. The molecule has 0 spiro atoms. The average molecular weight is 162 g/mol. The van der Waals surface area contributed by atoms with Crippen LogP contribution >= 0.6 is 0 Å². The van der Waals surface area contributed by atoms with Crippen LogP contribution in [0.5, 0.6) is 0 Å². The zero-order chi connectivity index (χ0) is 8.81. The Morgan fingerprint density at radius 3 is 2.58 bits per heavy atom. The average Bonchev–Trinajstić information content (AvgIpc) is 2.15. The predicted molar refractivity (Wildman–Crippen MR) is 52.4 cm³/mol. The van der Waals surface area contributed by atoms with Crippen LogP contribution in [0.25, 0.3) is 6.08 Å². The van der Waals surface area contributed by atoms with Gasteiger partial charge in [-0.25, -0.2) is 0 Å². The Bertz CT molecular complexity index is 266. The second-order valence-electron chi connectivity index (χ2n) is 2.54. The molecular formula is C10H14N2. The highest BCUT2D eigenvalue weighted by atomic mass is 14.5. The first kappa shape index (κ1) is 8.97. The van der Waals surface area contributed by atoms with Crippen molar-refractivity contribution in [3.63, 3.8) is 0 Å². The van der Waals surface area contributed by atoms with Crippen LogP contribution in [0.15, 0.2) is 30.3 Å². The van der Waals surface area contributed by atoms with E-state index in [9.17, 15) is 0 Å². The molecule has 4 N–H and O–H groups in total.